The molecule has 4 nitrogen and oxygen atoms in total. The number of nitrogens with one attached hydrogen (secondary N) is 1. The lowest BCUT2D eigenvalue weighted by molar-refractivity contribution is -0.133. The van der Waals surface area contributed by atoms with Gasteiger partial charge in [-0.05, 0) is 0 Å². The van der Waals surface area contributed by atoms with Crippen molar-refractivity contribution in [1.29, 1.82) is 0 Å². The molecule has 1 amide bonds. The second kappa shape index (κ2) is 4.85. The summed E-state index contributed by atoms with van der Waals surface area (Å²) in [7, 11) is 0. The Kier molecular flexibility index (Phi) is 3.74. The third kappa shape index (κ3) is 2.72. The smallest absolute Gasteiger partial charge is 0.240 e. The molecule has 0 aliphatic carbocycles. The summed E-state index contributed by atoms with van der Waals surface area (Å²) in [6.07, 6.45) is 5.41. The molecular formula is C9H15N3O. The molecular weight excluding hydrogens is 166 g/mol. The molecule has 0 aromatic heterocycles. The maximum Gasteiger partial charge on any atom is 0.240 e. The van der Waals surface area contributed by atoms with Gasteiger partial charge in [0, 0.05) is 32.6 Å². The largest absolute Gasteiger partial charge is 0.339 e. The monoisotopic (exact) mass is 181 g/mol. The third-order valence-electron chi connectivity index (χ3n) is 2.08. The van der Waals surface area contributed by atoms with Crippen molar-refractivity contribution in [3.8, 4) is 12.3 Å². The normalized spacial score (nSPS) is 19.2. The Morgan fingerprint density at radius 3 is 2.77 bits per heavy atom. The maximum absolute atomic E-state index is 11.6. The fraction of sp³-hybridized carbons (Fsp3) is 0.667. The molecule has 1 atom stereocenters. The van der Waals surface area contributed by atoms with Gasteiger partial charge in [-0.3, -0.25) is 4.79 Å². The van der Waals surface area contributed by atoms with Crippen LogP contribution in [0.4, 0.5) is 0 Å². The van der Waals surface area contributed by atoms with Gasteiger partial charge >= 0.3 is 0 Å². The number of hydrogen-bond donors (Lipinski definition) is 2. The lowest BCUT2D eigenvalue weighted by atomic mass is 10.2. The van der Waals surface area contributed by atoms with Crippen LogP contribution in [0.1, 0.15) is 6.42 Å². The first kappa shape index (κ1) is 10.0. The van der Waals surface area contributed by atoms with Gasteiger partial charge in [0.25, 0.3) is 0 Å². The van der Waals surface area contributed by atoms with E-state index in [4.69, 9.17) is 12.2 Å². The van der Waals surface area contributed by atoms with Crippen LogP contribution in [0.5, 0.6) is 0 Å². The summed E-state index contributed by atoms with van der Waals surface area (Å²) in [5, 5.41) is 3.17. The average Bonchev–Trinajstić information content (AvgIpc) is 2.18. The summed E-state index contributed by atoms with van der Waals surface area (Å²) in [5.74, 6) is 2.37. The number of rotatable bonds is 2. The minimum absolute atomic E-state index is 0.0283. The van der Waals surface area contributed by atoms with Crippen LogP contribution in [0.3, 0.4) is 0 Å². The Labute approximate surface area is 78.5 Å². The van der Waals surface area contributed by atoms with Gasteiger partial charge in [0.1, 0.15) is 0 Å². The molecule has 0 saturated carbocycles. The molecule has 1 aliphatic rings. The van der Waals surface area contributed by atoms with E-state index in [1.807, 2.05) is 0 Å². The van der Waals surface area contributed by atoms with Crippen LogP contribution in [0.25, 0.3) is 0 Å². The molecule has 1 heterocycles. The van der Waals surface area contributed by atoms with Gasteiger partial charge in [0.05, 0.1) is 6.04 Å². The van der Waals surface area contributed by atoms with Crippen molar-refractivity contribution in [3.63, 3.8) is 0 Å². The highest BCUT2D eigenvalue weighted by atomic mass is 16.2. The summed E-state index contributed by atoms with van der Waals surface area (Å²) in [6, 6.07) is -0.525. The molecule has 0 bridgehead atoms. The Balaban J connectivity index is 2.41. The summed E-state index contributed by atoms with van der Waals surface area (Å²) < 4.78 is 0. The zero-order valence-electron chi connectivity index (χ0n) is 7.62. The van der Waals surface area contributed by atoms with Crippen LogP contribution in [0.15, 0.2) is 0 Å². The van der Waals surface area contributed by atoms with E-state index in [0.29, 0.717) is 6.42 Å². The van der Waals surface area contributed by atoms with Crippen molar-refractivity contribution in [1.82, 2.24) is 10.2 Å². The topological polar surface area (TPSA) is 58.4 Å². The minimum Gasteiger partial charge on any atom is -0.339 e. The van der Waals surface area contributed by atoms with Crippen LogP contribution in [0, 0.1) is 12.3 Å². The highest BCUT2D eigenvalue weighted by Crippen LogP contribution is 1.98. The third-order valence-corrected chi connectivity index (χ3v) is 2.08. The molecule has 13 heavy (non-hydrogen) atoms. The molecule has 1 unspecified atom stereocenters. The van der Waals surface area contributed by atoms with Crippen molar-refractivity contribution in [2.24, 2.45) is 5.73 Å². The van der Waals surface area contributed by atoms with Crippen LogP contribution in [0.2, 0.25) is 0 Å². The van der Waals surface area contributed by atoms with Crippen molar-refractivity contribution in [2.45, 2.75) is 12.5 Å². The van der Waals surface area contributed by atoms with Gasteiger partial charge in [-0.1, -0.05) is 0 Å². The number of piperazine rings is 1. The van der Waals surface area contributed by atoms with Gasteiger partial charge < -0.3 is 16.0 Å². The standard InChI is InChI=1S/C9H15N3O/c1-2-3-8(10)9(13)12-6-4-11-5-7-12/h1,8,11H,3-7,10H2. The van der Waals surface area contributed by atoms with Crippen molar-refractivity contribution < 1.29 is 4.79 Å². The minimum atomic E-state index is -0.525. The molecule has 1 rings (SSSR count). The zero-order chi connectivity index (χ0) is 9.68. The van der Waals surface area contributed by atoms with Gasteiger partial charge in [-0.2, -0.15) is 0 Å². The number of hydrogen-bond acceptors (Lipinski definition) is 3. The van der Waals surface area contributed by atoms with Gasteiger partial charge in [-0.25, -0.2) is 0 Å². The van der Waals surface area contributed by atoms with Gasteiger partial charge in [0.2, 0.25) is 5.91 Å². The Morgan fingerprint density at radius 2 is 2.23 bits per heavy atom. The predicted molar refractivity (Wildman–Crippen MR) is 50.9 cm³/mol. The average molecular weight is 181 g/mol. The second-order valence-electron chi connectivity index (χ2n) is 3.09. The van der Waals surface area contributed by atoms with E-state index < -0.39 is 6.04 Å². The fourth-order valence-corrected chi connectivity index (χ4v) is 1.33. The number of carbonyl (C=O) groups is 1. The maximum atomic E-state index is 11.6. The highest BCUT2D eigenvalue weighted by molar-refractivity contribution is 5.82. The first-order valence-electron chi connectivity index (χ1n) is 4.44. The Hall–Kier alpha value is -1.05. The van der Waals surface area contributed by atoms with Gasteiger partial charge in [0.15, 0.2) is 0 Å². The van der Waals surface area contributed by atoms with E-state index in [0.717, 1.165) is 26.2 Å². The van der Waals surface area contributed by atoms with E-state index in [-0.39, 0.29) is 5.91 Å². The highest BCUT2D eigenvalue weighted by Gasteiger charge is 2.21. The second-order valence-corrected chi connectivity index (χ2v) is 3.09. The van der Waals surface area contributed by atoms with Gasteiger partial charge in [-0.15, -0.1) is 12.3 Å². The zero-order valence-corrected chi connectivity index (χ0v) is 7.62. The summed E-state index contributed by atoms with van der Waals surface area (Å²) in [5.41, 5.74) is 5.60. The summed E-state index contributed by atoms with van der Waals surface area (Å²) in [6.45, 7) is 3.15. The van der Waals surface area contributed by atoms with Crippen LogP contribution in [-0.4, -0.2) is 43.0 Å². The molecule has 0 radical (unpaired) electrons. The van der Waals surface area contributed by atoms with E-state index in [2.05, 4.69) is 11.2 Å². The van der Waals surface area contributed by atoms with E-state index in [1.54, 1.807) is 4.90 Å². The molecule has 3 N–H and O–H groups in total. The number of amides is 1. The van der Waals surface area contributed by atoms with Crippen LogP contribution < -0.4 is 11.1 Å². The van der Waals surface area contributed by atoms with E-state index >= 15 is 0 Å². The lowest BCUT2D eigenvalue weighted by Gasteiger charge is -2.29. The van der Waals surface area contributed by atoms with Crippen LogP contribution >= 0.6 is 0 Å². The molecule has 4 heteroatoms. The first-order valence-corrected chi connectivity index (χ1v) is 4.44. The van der Waals surface area contributed by atoms with Crippen LogP contribution in [-0.2, 0) is 4.79 Å². The SMILES string of the molecule is C#CCC(N)C(=O)N1CCNCC1. The molecule has 72 valence electrons. The number of nitrogens with zero attached hydrogens (tertiary/aromatic N) is 1. The number of carbonyl (C=O) groups excluding carboxylic acids is 1. The molecule has 1 saturated heterocycles. The first-order chi connectivity index (χ1) is 6.25. The van der Waals surface area contributed by atoms with E-state index in [1.165, 1.54) is 0 Å². The Bertz CT molecular complexity index is 215. The molecule has 1 fully saturated rings. The summed E-state index contributed by atoms with van der Waals surface area (Å²) in [4.78, 5) is 13.3. The Morgan fingerprint density at radius 1 is 1.62 bits per heavy atom. The summed E-state index contributed by atoms with van der Waals surface area (Å²) >= 11 is 0. The van der Waals surface area contributed by atoms with Crippen molar-refractivity contribution in [3.05, 3.63) is 0 Å². The molecule has 1 aliphatic heterocycles. The fourth-order valence-electron chi connectivity index (χ4n) is 1.33. The van der Waals surface area contributed by atoms with Crippen molar-refractivity contribution in [2.75, 3.05) is 26.2 Å². The molecule has 0 aromatic carbocycles. The van der Waals surface area contributed by atoms with E-state index in [9.17, 15) is 4.79 Å². The van der Waals surface area contributed by atoms with Crippen molar-refractivity contribution >= 4 is 5.91 Å². The lowest BCUT2D eigenvalue weighted by Crippen LogP contribution is -2.51. The number of terminal acetylenes is 1. The number of nitrogens with two attached hydrogens (primary N) is 1. The quantitative estimate of drug-likeness (QED) is 0.524. The molecule has 0 spiro atoms. The molecule has 0 aromatic rings. The predicted octanol–water partition coefficient (Wildman–Crippen LogP) is -1.23.